The van der Waals surface area contributed by atoms with E-state index < -0.39 is 0 Å². The van der Waals surface area contributed by atoms with Crippen LogP contribution in [0.5, 0.6) is 0 Å². The Labute approximate surface area is 156 Å². The smallest absolute Gasteiger partial charge is 0.220 e. The predicted molar refractivity (Wildman–Crippen MR) is 105 cm³/mol. The van der Waals surface area contributed by atoms with Gasteiger partial charge >= 0.3 is 0 Å². The van der Waals surface area contributed by atoms with Crippen molar-refractivity contribution in [3.8, 4) is 0 Å². The van der Waals surface area contributed by atoms with Crippen molar-refractivity contribution < 1.29 is 4.79 Å². The van der Waals surface area contributed by atoms with Crippen molar-refractivity contribution in [2.45, 2.75) is 46.2 Å². The van der Waals surface area contributed by atoms with Gasteiger partial charge in [-0.25, -0.2) is 4.98 Å². The number of rotatable bonds is 6. The number of benzene rings is 1. The molecule has 1 aliphatic rings. The second-order valence-corrected chi connectivity index (χ2v) is 7.59. The highest BCUT2D eigenvalue weighted by atomic mass is 16.1. The first-order valence-electron chi connectivity index (χ1n) is 9.58. The quantitative estimate of drug-likeness (QED) is 0.832. The van der Waals surface area contributed by atoms with E-state index in [2.05, 4.69) is 59.0 Å². The fraction of sp³-hybridized carbons (Fsp3) is 0.600. The molecular weight excluding hydrogens is 326 g/mol. The molecule has 0 aliphatic carbocycles. The fourth-order valence-corrected chi connectivity index (χ4v) is 3.50. The number of likely N-dealkylation sites (N-methyl/N-ethyl adjacent to an activating group) is 1. The molecule has 1 aromatic carbocycles. The number of hydrogen-bond acceptors (Lipinski definition) is 4. The van der Waals surface area contributed by atoms with Crippen LogP contribution < -0.4 is 5.32 Å². The Kier molecular flexibility index (Phi) is 5.94. The molecule has 1 saturated heterocycles. The second-order valence-electron chi connectivity index (χ2n) is 7.59. The van der Waals surface area contributed by atoms with Crippen molar-refractivity contribution in [2.24, 2.45) is 0 Å². The fourth-order valence-electron chi connectivity index (χ4n) is 3.50. The highest BCUT2D eigenvalue weighted by molar-refractivity contribution is 5.80. The zero-order chi connectivity index (χ0) is 18.7. The molecule has 1 fully saturated rings. The molecular formula is C20H31N5O. The van der Waals surface area contributed by atoms with Crippen LogP contribution in [0.4, 0.5) is 0 Å². The summed E-state index contributed by atoms with van der Waals surface area (Å²) in [4.78, 5) is 25.0. The maximum absolute atomic E-state index is 12.2. The van der Waals surface area contributed by atoms with E-state index in [1.807, 2.05) is 6.07 Å². The van der Waals surface area contributed by atoms with Gasteiger partial charge in [0.25, 0.3) is 0 Å². The van der Waals surface area contributed by atoms with Crippen molar-refractivity contribution in [1.82, 2.24) is 25.1 Å². The molecule has 1 unspecified atom stereocenters. The lowest BCUT2D eigenvalue weighted by molar-refractivity contribution is -0.121. The largest absolute Gasteiger partial charge is 0.349 e. The minimum Gasteiger partial charge on any atom is -0.349 e. The second kappa shape index (κ2) is 8.18. The van der Waals surface area contributed by atoms with Crippen LogP contribution in [0.15, 0.2) is 12.1 Å². The first-order valence-corrected chi connectivity index (χ1v) is 9.58. The summed E-state index contributed by atoms with van der Waals surface area (Å²) in [6.07, 6.45) is 1.46. The number of amides is 1. The van der Waals surface area contributed by atoms with Gasteiger partial charge in [0.2, 0.25) is 5.91 Å². The lowest BCUT2D eigenvalue weighted by Crippen LogP contribution is -2.48. The maximum Gasteiger partial charge on any atom is 0.220 e. The van der Waals surface area contributed by atoms with Gasteiger partial charge in [-0.3, -0.25) is 9.69 Å². The van der Waals surface area contributed by atoms with Crippen LogP contribution in [0.3, 0.4) is 0 Å². The third-order valence-corrected chi connectivity index (χ3v) is 5.63. The number of aromatic nitrogens is 2. The molecule has 1 aliphatic heterocycles. The number of nitrogens with one attached hydrogen (secondary N) is 2. The normalized spacial score (nSPS) is 17.5. The molecule has 3 rings (SSSR count). The van der Waals surface area contributed by atoms with Crippen LogP contribution in [-0.4, -0.2) is 64.9 Å². The van der Waals surface area contributed by atoms with Crippen LogP contribution in [0.2, 0.25) is 0 Å². The summed E-state index contributed by atoms with van der Waals surface area (Å²) in [7, 11) is 2.16. The Bertz CT molecular complexity index is 761. The minimum atomic E-state index is 0.0966. The van der Waals surface area contributed by atoms with Crippen LogP contribution in [0.25, 0.3) is 11.0 Å². The number of imidazole rings is 1. The zero-order valence-electron chi connectivity index (χ0n) is 16.4. The van der Waals surface area contributed by atoms with Crippen molar-refractivity contribution in [3.63, 3.8) is 0 Å². The summed E-state index contributed by atoms with van der Waals surface area (Å²) in [5.74, 6) is 0.911. The topological polar surface area (TPSA) is 64.3 Å². The van der Waals surface area contributed by atoms with Crippen molar-refractivity contribution in [2.75, 3.05) is 33.2 Å². The van der Waals surface area contributed by atoms with Gasteiger partial charge in [0, 0.05) is 38.6 Å². The van der Waals surface area contributed by atoms with Crippen LogP contribution in [0, 0.1) is 13.8 Å². The number of aryl methyl sites for hydroxylation is 2. The Morgan fingerprint density at radius 1 is 1.27 bits per heavy atom. The maximum atomic E-state index is 12.2. The lowest BCUT2D eigenvalue weighted by atomic mass is 10.1. The molecule has 26 heavy (non-hydrogen) atoms. The summed E-state index contributed by atoms with van der Waals surface area (Å²) in [6, 6.07) is 4.59. The monoisotopic (exact) mass is 357 g/mol. The molecule has 0 radical (unpaired) electrons. The SMILES string of the molecule is Cc1ccc2[nH]c(CNC(=O)CCC(C)N3CCN(C)CC3)nc2c1C. The van der Waals surface area contributed by atoms with Crippen LogP contribution >= 0.6 is 0 Å². The van der Waals surface area contributed by atoms with Gasteiger partial charge in [-0.05, 0) is 51.4 Å². The summed E-state index contributed by atoms with van der Waals surface area (Å²) in [6.45, 7) is 11.3. The molecule has 6 heteroatoms. The first kappa shape index (κ1) is 18.9. The van der Waals surface area contributed by atoms with Crippen molar-refractivity contribution >= 4 is 16.9 Å². The summed E-state index contributed by atoms with van der Waals surface area (Å²) >= 11 is 0. The van der Waals surface area contributed by atoms with E-state index in [1.54, 1.807) is 0 Å². The molecule has 0 saturated carbocycles. The number of H-pyrrole nitrogens is 1. The lowest BCUT2D eigenvalue weighted by Gasteiger charge is -2.36. The number of hydrogen-bond donors (Lipinski definition) is 2. The predicted octanol–water partition coefficient (Wildman–Crippen LogP) is 2.21. The van der Waals surface area contributed by atoms with Crippen molar-refractivity contribution in [3.05, 3.63) is 29.1 Å². The highest BCUT2D eigenvalue weighted by Gasteiger charge is 2.19. The van der Waals surface area contributed by atoms with Gasteiger partial charge in [0.05, 0.1) is 17.6 Å². The van der Waals surface area contributed by atoms with Crippen molar-refractivity contribution in [1.29, 1.82) is 0 Å². The number of nitrogens with zero attached hydrogens (tertiary/aromatic N) is 3. The third kappa shape index (κ3) is 4.43. The molecule has 1 aromatic heterocycles. The molecule has 2 heterocycles. The van der Waals surface area contributed by atoms with Gasteiger partial charge in [-0.15, -0.1) is 0 Å². The molecule has 142 valence electrons. The molecule has 0 spiro atoms. The van der Waals surface area contributed by atoms with E-state index in [0.29, 0.717) is 19.0 Å². The number of piperazine rings is 1. The highest BCUT2D eigenvalue weighted by Crippen LogP contribution is 2.19. The standard InChI is InChI=1S/C20H31N5O/c1-14-5-7-17-20(16(14)3)23-18(22-17)13-21-19(26)8-6-15(2)25-11-9-24(4)10-12-25/h5,7,15H,6,8-13H2,1-4H3,(H,21,26)(H,22,23). The van der Waals surface area contributed by atoms with E-state index in [1.165, 1.54) is 11.1 Å². The molecule has 0 bridgehead atoms. The van der Waals surface area contributed by atoms with Gasteiger partial charge < -0.3 is 15.2 Å². The number of fused-ring (bicyclic) bond motifs is 1. The van der Waals surface area contributed by atoms with Gasteiger partial charge in [0.15, 0.2) is 0 Å². The van der Waals surface area contributed by atoms with Gasteiger partial charge in [-0.2, -0.15) is 0 Å². The first-order chi connectivity index (χ1) is 12.4. The van der Waals surface area contributed by atoms with E-state index in [4.69, 9.17) is 0 Å². The number of carbonyl (C=O) groups is 1. The van der Waals surface area contributed by atoms with E-state index in [9.17, 15) is 4.79 Å². The Balaban J connectivity index is 1.46. The number of carbonyl (C=O) groups excluding carboxylic acids is 1. The average molecular weight is 358 g/mol. The number of aromatic amines is 1. The van der Waals surface area contributed by atoms with Crippen LogP contribution in [0.1, 0.15) is 36.7 Å². The molecule has 2 N–H and O–H groups in total. The summed E-state index contributed by atoms with van der Waals surface area (Å²) < 4.78 is 0. The Hall–Kier alpha value is -1.92. The molecule has 1 amide bonds. The van der Waals surface area contributed by atoms with Crippen LogP contribution in [-0.2, 0) is 11.3 Å². The van der Waals surface area contributed by atoms with Gasteiger partial charge in [-0.1, -0.05) is 6.07 Å². The average Bonchev–Trinajstić information content (AvgIpc) is 3.05. The van der Waals surface area contributed by atoms with E-state index in [-0.39, 0.29) is 5.91 Å². The Morgan fingerprint density at radius 3 is 2.73 bits per heavy atom. The molecule has 2 aromatic rings. The molecule has 1 atom stereocenters. The third-order valence-electron chi connectivity index (χ3n) is 5.63. The van der Waals surface area contributed by atoms with E-state index >= 15 is 0 Å². The van der Waals surface area contributed by atoms with Gasteiger partial charge in [0.1, 0.15) is 5.82 Å². The summed E-state index contributed by atoms with van der Waals surface area (Å²) in [5, 5.41) is 3.00. The molecule has 6 nitrogen and oxygen atoms in total. The minimum absolute atomic E-state index is 0.0966. The zero-order valence-corrected chi connectivity index (χ0v) is 16.4. The Morgan fingerprint density at radius 2 is 2.00 bits per heavy atom. The van der Waals surface area contributed by atoms with E-state index in [0.717, 1.165) is 49.5 Å². The summed E-state index contributed by atoms with van der Waals surface area (Å²) in [5.41, 5.74) is 4.45.